The van der Waals surface area contributed by atoms with Crippen LogP contribution < -0.4 is 5.73 Å². The van der Waals surface area contributed by atoms with Crippen molar-refractivity contribution < 1.29 is 0 Å². The Morgan fingerprint density at radius 2 is 2.14 bits per heavy atom. The Hall–Kier alpha value is -0.900. The lowest BCUT2D eigenvalue weighted by Crippen LogP contribution is -2.24. The summed E-state index contributed by atoms with van der Waals surface area (Å²) in [4.78, 5) is 2.11. The zero-order valence-electron chi connectivity index (χ0n) is 8.23. The van der Waals surface area contributed by atoms with Crippen LogP contribution in [0, 0.1) is 0 Å². The van der Waals surface area contributed by atoms with E-state index in [2.05, 4.69) is 34.5 Å². The summed E-state index contributed by atoms with van der Waals surface area (Å²) >= 11 is 1.80. The molecule has 0 aliphatic carbocycles. The smallest absolute Gasteiger partial charge is 0.0455 e. The lowest BCUT2D eigenvalue weighted by molar-refractivity contribution is 0.339. The van der Waals surface area contributed by atoms with Crippen LogP contribution in [0.5, 0.6) is 0 Å². The molecule has 0 fully saturated rings. The van der Waals surface area contributed by atoms with E-state index in [1.165, 1.54) is 15.6 Å². The molecule has 0 unspecified atom stereocenters. The summed E-state index contributed by atoms with van der Waals surface area (Å²) in [6.45, 7) is 1.53. The van der Waals surface area contributed by atoms with Gasteiger partial charge in [-0.2, -0.15) is 0 Å². The average Bonchev–Trinajstić information content (AvgIpc) is 2.62. The fourth-order valence-electron chi connectivity index (χ4n) is 1.51. The average molecular weight is 206 g/mol. The van der Waals surface area contributed by atoms with E-state index in [0.29, 0.717) is 6.67 Å². The minimum atomic E-state index is 0.601. The molecule has 0 saturated carbocycles. The fraction of sp³-hybridized carbons (Fsp3) is 0.273. The molecule has 74 valence electrons. The molecule has 0 atom stereocenters. The summed E-state index contributed by atoms with van der Waals surface area (Å²) in [7, 11) is 2.03. The second kappa shape index (κ2) is 4.09. The lowest BCUT2D eigenvalue weighted by atomic mass is 10.2. The van der Waals surface area contributed by atoms with Gasteiger partial charge in [0.15, 0.2) is 0 Å². The van der Waals surface area contributed by atoms with Crippen molar-refractivity contribution in [1.29, 1.82) is 0 Å². The van der Waals surface area contributed by atoms with Gasteiger partial charge in [0.05, 0.1) is 0 Å². The van der Waals surface area contributed by atoms with Gasteiger partial charge in [-0.25, -0.2) is 0 Å². The Balaban J connectivity index is 2.33. The van der Waals surface area contributed by atoms with Crippen LogP contribution in [0.1, 0.15) is 5.56 Å². The van der Waals surface area contributed by atoms with Crippen LogP contribution in [0.3, 0.4) is 0 Å². The largest absolute Gasteiger partial charge is 0.318 e. The molecule has 14 heavy (non-hydrogen) atoms. The van der Waals surface area contributed by atoms with Gasteiger partial charge < -0.3 is 5.73 Å². The molecule has 3 heteroatoms. The number of nitrogens with two attached hydrogens (primary N) is 1. The molecule has 1 aromatic heterocycles. The molecule has 0 bridgehead atoms. The van der Waals surface area contributed by atoms with Gasteiger partial charge in [-0.3, -0.25) is 4.90 Å². The van der Waals surface area contributed by atoms with Gasteiger partial charge >= 0.3 is 0 Å². The minimum absolute atomic E-state index is 0.601. The first-order valence-electron chi connectivity index (χ1n) is 4.65. The minimum Gasteiger partial charge on any atom is -0.318 e. The molecular weight excluding hydrogens is 192 g/mol. The van der Waals surface area contributed by atoms with Gasteiger partial charge in [0, 0.05) is 17.9 Å². The normalized spacial score (nSPS) is 11.4. The molecule has 1 heterocycles. The molecule has 0 saturated heterocycles. The second-order valence-corrected chi connectivity index (χ2v) is 4.37. The van der Waals surface area contributed by atoms with Crippen molar-refractivity contribution in [3.05, 3.63) is 35.2 Å². The molecule has 0 spiro atoms. The van der Waals surface area contributed by atoms with Crippen LogP contribution in [0.25, 0.3) is 10.1 Å². The van der Waals surface area contributed by atoms with Gasteiger partial charge in [0.2, 0.25) is 0 Å². The van der Waals surface area contributed by atoms with Crippen molar-refractivity contribution in [2.75, 3.05) is 13.7 Å². The predicted molar refractivity (Wildman–Crippen MR) is 62.3 cm³/mol. The molecule has 2 rings (SSSR count). The maximum Gasteiger partial charge on any atom is 0.0455 e. The Labute approximate surface area is 87.9 Å². The summed E-state index contributed by atoms with van der Waals surface area (Å²) < 4.78 is 1.35. The zero-order chi connectivity index (χ0) is 9.97. The highest BCUT2D eigenvalue weighted by molar-refractivity contribution is 7.17. The summed E-state index contributed by atoms with van der Waals surface area (Å²) in [6.07, 6.45) is 0. The third kappa shape index (κ3) is 1.80. The van der Waals surface area contributed by atoms with E-state index in [-0.39, 0.29) is 0 Å². The maximum atomic E-state index is 5.56. The summed E-state index contributed by atoms with van der Waals surface area (Å²) in [5.41, 5.74) is 6.94. The first-order valence-corrected chi connectivity index (χ1v) is 5.53. The van der Waals surface area contributed by atoms with E-state index in [1.807, 2.05) is 7.05 Å². The molecule has 0 amide bonds. The van der Waals surface area contributed by atoms with E-state index in [1.54, 1.807) is 11.3 Å². The maximum absolute atomic E-state index is 5.56. The van der Waals surface area contributed by atoms with E-state index in [9.17, 15) is 0 Å². The Morgan fingerprint density at radius 3 is 2.93 bits per heavy atom. The second-order valence-electron chi connectivity index (χ2n) is 3.45. The molecule has 0 radical (unpaired) electrons. The van der Waals surface area contributed by atoms with Crippen LogP contribution >= 0.6 is 11.3 Å². The van der Waals surface area contributed by atoms with E-state index in [0.717, 1.165) is 6.54 Å². The van der Waals surface area contributed by atoms with Crippen molar-refractivity contribution in [3.63, 3.8) is 0 Å². The van der Waals surface area contributed by atoms with Gasteiger partial charge in [-0.05, 0) is 29.4 Å². The SMILES string of the molecule is CN(CN)Cc1csc2ccccc12. The third-order valence-electron chi connectivity index (χ3n) is 2.31. The quantitative estimate of drug-likeness (QED) is 0.780. The molecule has 0 aliphatic rings. The number of benzene rings is 1. The number of rotatable bonds is 3. The van der Waals surface area contributed by atoms with Crippen LogP contribution in [-0.4, -0.2) is 18.6 Å². The Morgan fingerprint density at radius 1 is 1.36 bits per heavy atom. The predicted octanol–water partition coefficient (Wildman–Crippen LogP) is 2.25. The van der Waals surface area contributed by atoms with Crippen LogP contribution in [-0.2, 0) is 6.54 Å². The highest BCUT2D eigenvalue weighted by Gasteiger charge is 2.04. The van der Waals surface area contributed by atoms with Crippen LogP contribution in [0.15, 0.2) is 29.6 Å². The van der Waals surface area contributed by atoms with Crippen molar-refractivity contribution in [3.8, 4) is 0 Å². The van der Waals surface area contributed by atoms with Crippen LogP contribution in [0.2, 0.25) is 0 Å². The van der Waals surface area contributed by atoms with Crippen molar-refractivity contribution >= 4 is 21.4 Å². The molecule has 1 aromatic carbocycles. The topological polar surface area (TPSA) is 29.3 Å². The van der Waals surface area contributed by atoms with Gasteiger partial charge in [0.25, 0.3) is 0 Å². The molecule has 2 aromatic rings. The van der Waals surface area contributed by atoms with Crippen molar-refractivity contribution in [2.24, 2.45) is 5.73 Å². The highest BCUT2D eigenvalue weighted by atomic mass is 32.1. The number of hydrogen-bond acceptors (Lipinski definition) is 3. The summed E-state index contributed by atoms with van der Waals surface area (Å²) in [5.74, 6) is 0. The Kier molecular flexibility index (Phi) is 2.82. The number of thiophene rings is 1. The van der Waals surface area contributed by atoms with Gasteiger partial charge in [-0.15, -0.1) is 11.3 Å². The number of nitrogens with zero attached hydrogens (tertiary/aromatic N) is 1. The monoisotopic (exact) mass is 206 g/mol. The highest BCUT2D eigenvalue weighted by Crippen LogP contribution is 2.26. The van der Waals surface area contributed by atoms with E-state index >= 15 is 0 Å². The molecule has 2 nitrogen and oxygen atoms in total. The zero-order valence-corrected chi connectivity index (χ0v) is 9.05. The summed E-state index contributed by atoms with van der Waals surface area (Å²) in [5, 5.41) is 3.58. The van der Waals surface area contributed by atoms with Crippen LogP contribution in [0.4, 0.5) is 0 Å². The first kappa shape index (κ1) is 9.65. The molecular formula is C11H14N2S. The van der Waals surface area contributed by atoms with Gasteiger partial charge in [0.1, 0.15) is 0 Å². The lowest BCUT2D eigenvalue weighted by Gasteiger charge is -2.12. The molecule has 2 N–H and O–H groups in total. The molecule has 0 aliphatic heterocycles. The fourth-order valence-corrected chi connectivity index (χ4v) is 2.46. The first-order chi connectivity index (χ1) is 6.81. The third-order valence-corrected chi connectivity index (χ3v) is 3.33. The standard InChI is InChI=1S/C11H14N2S/c1-13(8-12)6-9-7-14-11-5-3-2-4-10(9)11/h2-5,7H,6,8,12H2,1H3. The number of hydrogen-bond donors (Lipinski definition) is 1. The Bertz CT molecular complexity index is 422. The summed E-state index contributed by atoms with van der Waals surface area (Å²) in [6, 6.07) is 8.49. The van der Waals surface area contributed by atoms with E-state index in [4.69, 9.17) is 5.73 Å². The number of fused-ring (bicyclic) bond motifs is 1. The van der Waals surface area contributed by atoms with Crippen molar-refractivity contribution in [2.45, 2.75) is 6.54 Å². The van der Waals surface area contributed by atoms with Crippen molar-refractivity contribution in [1.82, 2.24) is 4.90 Å². The van der Waals surface area contributed by atoms with E-state index < -0.39 is 0 Å². The van der Waals surface area contributed by atoms with Gasteiger partial charge in [-0.1, -0.05) is 18.2 Å².